The number of methoxy groups -OCH3 is 1. The third-order valence-corrected chi connectivity index (χ3v) is 8.47. The number of pyridine rings is 1. The molecule has 5 rings (SSSR count). The minimum Gasteiger partial charge on any atom is -0.453 e. The highest BCUT2D eigenvalue weighted by atomic mass is 32.1. The highest BCUT2D eigenvalue weighted by Crippen LogP contribution is 2.40. The molecule has 0 aliphatic carbocycles. The summed E-state index contributed by atoms with van der Waals surface area (Å²) in [5.41, 5.74) is 3.24. The summed E-state index contributed by atoms with van der Waals surface area (Å²) in [6.07, 6.45) is 1.39. The van der Waals surface area contributed by atoms with Crippen LogP contribution in [0.3, 0.4) is 0 Å². The van der Waals surface area contributed by atoms with Crippen molar-refractivity contribution in [1.29, 1.82) is 0 Å². The van der Waals surface area contributed by atoms with E-state index in [0.717, 1.165) is 26.3 Å². The van der Waals surface area contributed by atoms with Crippen LogP contribution < -0.4 is 15.4 Å². The number of hydrogen-bond donors (Lipinski definition) is 2. The lowest BCUT2D eigenvalue weighted by atomic mass is 10.1. The maximum absolute atomic E-state index is 15.2. The largest absolute Gasteiger partial charge is 0.453 e. The number of anilines is 1. The molecule has 0 bridgehead atoms. The number of rotatable bonds is 11. The molecular weight excluding hydrogens is 664 g/mol. The van der Waals surface area contributed by atoms with E-state index in [0.29, 0.717) is 36.6 Å². The van der Waals surface area contributed by atoms with E-state index in [9.17, 15) is 9.59 Å². The van der Waals surface area contributed by atoms with E-state index < -0.39 is 17.5 Å². The number of thiophene rings is 1. The van der Waals surface area contributed by atoms with Gasteiger partial charge in [-0.15, -0.1) is 11.3 Å². The molecule has 2 amide bonds. The Morgan fingerprint density at radius 1 is 0.959 bits per heavy atom. The molecule has 0 saturated carbocycles. The van der Waals surface area contributed by atoms with Crippen molar-refractivity contribution in [2.24, 2.45) is 0 Å². The van der Waals surface area contributed by atoms with Crippen LogP contribution in [0.2, 0.25) is 0 Å². The molecular formula is C37H37FN4O5S2. The Morgan fingerprint density at radius 2 is 1.71 bits per heavy atom. The van der Waals surface area contributed by atoms with E-state index in [2.05, 4.69) is 15.6 Å². The van der Waals surface area contributed by atoms with Crippen LogP contribution in [0.5, 0.6) is 11.5 Å². The van der Waals surface area contributed by atoms with Gasteiger partial charge in [0.05, 0.1) is 23.2 Å². The quantitative estimate of drug-likeness (QED) is 0.133. The second-order valence-electron chi connectivity index (χ2n) is 12.1. The Kier molecular flexibility index (Phi) is 11.6. The van der Waals surface area contributed by atoms with Crippen LogP contribution in [-0.4, -0.2) is 52.9 Å². The normalized spacial score (nSPS) is 11.2. The third kappa shape index (κ3) is 10.0. The standard InChI is InChI=1S/C37H37FN4O5S2/c1-37(2,3)47-36(44)42(18-19-45-4)23-25-10-12-26(13-11-25)32-22-29-34(49-32)31(16-17-39-29)46-30-15-14-27(21-28(30)38)40-35(48)41-33(43)20-24-8-6-5-7-9-24/h5-17,21-22H,18-20,23H2,1-4H3,(H2,40,41,43,48). The topological polar surface area (TPSA) is 102 Å². The van der Waals surface area contributed by atoms with Crippen molar-refractivity contribution in [2.75, 3.05) is 25.6 Å². The lowest BCUT2D eigenvalue weighted by molar-refractivity contribution is -0.119. The molecule has 0 fully saturated rings. The van der Waals surface area contributed by atoms with Crippen LogP contribution in [0.1, 0.15) is 31.9 Å². The Balaban J connectivity index is 1.24. The molecule has 49 heavy (non-hydrogen) atoms. The summed E-state index contributed by atoms with van der Waals surface area (Å²) in [5.74, 6) is -0.390. The summed E-state index contributed by atoms with van der Waals surface area (Å²) in [6.45, 7) is 6.68. The van der Waals surface area contributed by atoms with Crippen molar-refractivity contribution in [3.05, 3.63) is 108 Å². The van der Waals surface area contributed by atoms with Crippen LogP contribution in [0.4, 0.5) is 14.9 Å². The number of ether oxygens (including phenoxy) is 3. The number of benzene rings is 3. The van der Waals surface area contributed by atoms with Crippen LogP contribution in [0, 0.1) is 5.82 Å². The van der Waals surface area contributed by atoms with Gasteiger partial charge in [-0.1, -0.05) is 54.6 Å². The van der Waals surface area contributed by atoms with Crippen LogP contribution >= 0.6 is 23.6 Å². The minimum absolute atomic E-state index is 0.0272. The van der Waals surface area contributed by atoms with Gasteiger partial charge in [-0.25, -0.2) is 9.18 Å². The molecule has 0 aliphatic heterocycles. The fourth-order valence-electron chi connectivity index (χ4n) is 4.79. The SMILES string of the molecule is COCCN(Cc1ccc(-c2cc3nccc(Oc4ccc(NC(=S)NC(=O)Cc5ccccc5)cc4F)c3s2)cc1)C(=O)OC(C)(C)C. The highest BCUT2D eigenvalue weighted by molar-refractivity contribution is 7.80. The van der Waals surface area contributed by atoms with Gasteiger partial charge in [0, 0.05) is 49.1 Å². The van der Waals surface area contributed by atoms with E-state index in [1.807, 2.05) is 81.4 Å². The zero-order chi connectivity index (χ0) is 35.0. The number of amides is 2. The smallest absolute Gasteiger partial charge is 0.410 e. The van der Waals surface area contributed by atoms with Gasteiger partial charge in [-0.05, 0) is 67.9 Å². The molecule has 0 unspecified atom stereocenters. The fourth-order valence-corrected chi connectivity index (χ4v) is 6.09. The zero-order valence-electron chi connectivity index (χ0n) is 27.6. The summed E-state index contributed by atoms with van der Waals surface area (Å²) in [4.78, 5) is 32.2. The van der Waals surface area contributed by atoms with Gasteiger partial charge >= 0.3 is 6.09 Å². The summed E-state index contributed by atoms with van der Waals surface area (Å²) in [5, 5.41) is 5.52. The first-order valence-electron chi connectivity index (χ1n) is 15.5. The van der Waals surface area contributed by atoms with Gasteiger partial charge in [-0.2, -0.15) is 0 Å². The Bertz CT molecular complexity index is 1930. The number of nitrogens with zero attached hydrogens (tertiary/aromatic N) is 2. The first-order valence-corrected chi connectivity index (χ1v) is 16.8. The fraction of sp³-hybridized carbons (Fsp3) is 0.243. The number of carbonyl (C=O) groups is 2. The second-order valence-corrected chi connectivity index (χ2v) is 13.6. The van der Waals surface area contributed by atoms with E-state index in [1.165, 1.54) is 23.5 Å². The third-order valence-electron chi connectivity index (χ3n) is 7.07. The second kappa shape index (κ2) is 16.0. The maximum Gasteiger partial charge on any atom is 0.410 e. The number of hydrogen-bond acceptors (Lipinski definition) is 8. The molecule has 0 atom stereocenters. The average molecular weight is 701 g/mol. The number of carbonyl (C=O) groups excluding carboxylic acids is 2. The summed E-state index contributed by atoms with van der Waals surface area (Å²) in [7, 11) is 1.60. The van der Waals surface area contributed by atoms with Crippen molar-refractivity contribution in [2.45, 2.75) is 39.3 Å². The molecule has 0 spiro atoms. The van der Waals surface area contributed by atoms with Crippen LogP contribution in [0.25, 0.3) is 20.7 Å². The number of fused-ring (bicyclic) bond motifs is 1. The Labute approximate surface area is 294 Å². The molecule has 0 aliphatic rings. The molecule has 2 N–H and O–H groups in total. The van der Waals surface area contributed by atoms with Gasteiger partial charge in [0.1, 0.15) is 11.4 Å². The van der Waals surface area contributed by atoms with E-state index in [1.54, 1.807) is 30.3 Å². The predicted octanol–water partition coefficient (Wildman–Crippen LogP) is 8.33. The van der Waals surface area contributed by atoms with Gasteiger partial charge in [-0.3, -0.25) is 9.78 Å². The summed E-state index contributed by atoms with van der Waals surface area (Å²) < 4.78 is 32.7. The van der Waals surface area contributed by atoms with Gasteiger partial charge in [0.2, 0.25) is 5.91 Å². The number of nitrogens with one attached hydrogen (secondary N) is 2. The molecule has 0 radical (unpaired) electrons. The lowest BCUT2D eigenvalue weighted by Gasteiger charge is -2.27. The first kappa shape index (κ1) is 35.4. The van der Waals surface area contributed by atoms with Crippen LogP contribution in [-0.2, 0) is 27.2 Å². The molecule has 3 aromatic carbocycles. The maximum atomic E-state index is 15.2. The Hall–Kier alpha value is -4.91. The first-order chi connectivity index (χ1) is 23.5. The Morgan fingerprint density at radius 3 is 2.41 bits per heavy atom. The molecule has 2 aromatic heterocycles. The van der Waals surface area contributed by atoms with Crippen LogP contribution in [0.15, 0.2) is 91.1 Å². The van der Waals surface area contributed by atoms with Gasteiger partial charge < -0.3 is 29.7 Å². The van der Waals surface area contributed by atoms with Crippen molar-refractivity contribution >= 4 is 56.6 Å². The van der Waals surface area contributed by atoms with Crippen molar-refractivity contribution < 1.29 is 28.2 Å². The van der Waals surface area contributed by atoms with E-state index in [4.69, 9.17) is 26.4 Å². The zero-order valence-corrected chi connectivity index (χ0v) is 29.3. The molecule has 254 valence electrons. The molecule has 0 saturated heterocycles. The number of halogens is 1. The van der Waals surface area contributed by atoms with Gasteiger partial charge in [0.25, 0.3) is 0 Å². The summed E-state index contributed by atoms with van der Waals surface area (Å²) in [6, 6.07) is 25.2. The molecule has 2 heterocycles. The van der Waals surface area contributed by atoms with Gasteiger partial charge in [0.15, 0.2) is 16.7 Å². The van der Waals surface area contributed by atoms with Crippen molar-refractivity contribution in [3.8, 4) is 21.9 Å². The molecule has 5 aromatic rings. The number of thiocarbonyl (C=S) groups is 1. The lowest BCUT2D eigenvalue weighted by Crippen LogP contribution is -2.38. The molecule has 9 nitrogen and oxygen atoms in total. The number of aromatic nitrogens is 1. The monoisotopic (exact) mass is 700 g/mol. The predicted molar refractivity (Wildman–Crippen MR) is 195 cm³/mol. The van der Waals surface area contributed by atoms with Crippen molar-refractivity contribution in [3.63, 3.8) is 0 Å². The van der Waals surface area contributed by atoms with E-state index >= 15 is 4.39 Å². The average Bonchev–Trinajstić information content (AvgIpc) is 3.49. The molecule has 12 heteroatoms. The highest BCUT2D eigenvalue weighted by Gasteiger charge is 2.22. The van der Waals surface area contributed by atoms with E-state index in [-0.39, 0.29) is 23.2 Å². The minimum atomic E-state index is -0.605. The summed E-state index contributed by atoms with van der Waals surface area (Å²) >= 11 is 6.73. The van der Waals surface area contributed by atoms with Crippen molar-refractivity contribution in [1.82, 2.24) is 15.2 Å².